The van der Waals surface area contributed by atoms with Gasteiger partial charge in [0, 0.05) is 0 Å². The van der Waals surface area contributed by atoms with Gasteiger partial charge in [0.25, 0.3) is 0 Å². The molecule has 4 nitrogen and oxygen atoms in total. The zero-order valence-electron chi connectivity index (χ0n) is 6.04. The quantitative estimate of drug-likeness (QED) is 0.782. The van der Waals surface area contributed by atoms with Crippen molar-refractivity contribution in [3.63, 3.8) is 0 Å². The summed E-state index contributed by atoms with van der Waals surface area (Å²) >= 11 is 3.24. The van der Waals surface area contributed by atoms with Gasteiger partial charge in [-0.3, -0.25) is 4.79 Å². The maximum absolute atomic E-state index is 10.5. The molecule has 1 rings (SSSR count). The minimum absolute atomic E-state index is 0.119. The van der Waals surface area contributed by atoms with Crippen LogP contribution in [0.3, 0.4) is 0 Å². The molecule has 2 N–H and O–H groups in total. The van der Waals surface area contributed by atoms with Crippen LogP contribution < -0.4 is 5.73 Å². The van der Waals surface area contributed by atoms with Crippen molar-refractivity contribution in [2.24, 2.45) is 5.73 Å². The highest BCUT2D eigenvalue weighted by Crippen LogP contribution is 2.10. The van der Waals surface area contributed by atoms with Crippen LogP contribution in [0.25, 0.3) is 0 Å². The van der Waals surface area contributed by atoms with Gasteiger partial charge in [0.05, 0.1) is 5.69 Å². The molecular formula is C6H8BrN3O. The van der Waals surface area contributed by atoms with Crippen molar-refractivity contribution >= 4 is 21.8 Å². The molecule has 0 aliphatic rings. The van der Waals surface area contributed by atoms with Crippen molar-refractivity contribution in [3.8, 4) is 0 Å². The van der Waals surface area contributed by atoms with Crippen molar-refractivity contribution in [2.75, 3.05) is 0 Å². The average Bonchev–Trinajstić information content (AvgIpc) is 2.09. The number of primary amides is 1. The molecule has 1 heterocycles. The molecule has 0 saturated heterocycles. The molecule has 0 aromatic carbocycles. The monoisotopic (exact) mass is 217 g/mol. The molecular weight excluding hydrogens is 210 g/mol. The van der Waals surface area contributed by atoms with Gasteiger partial charge in [-0.15, -0.1) is 0 Å². The second kappa shape index (κ2) is 3.04. The van der Waals surface area contributed by atoms with E-state index in [-0.39, 0.29) is 6.54 Å². The first-order valence-electron chi connectivity index (χ1n) is 3.08. The van der Waals surface area contributed by atoms with Crippen molar-refractivity contribution < 1.29 is 4.79 Å². The van der Waals surface area contributed by atoms with E-state index in [4.69, 9.17) is 5.73 Å². The van der Waals surface area contributed by atoms with E-state index in [1.54, 1.807) is 0 Å². The molecule has 0 saturated carbocycles. The lowest BCUT2D eigenvalue weighted by atomic mass is 10.5. The first kappa shape index (κ1) is 8.26. The van der Waals surface area contributed by atoms with Gasteiger partial charge in [0.15, 0.2) is 0 Å². The van der Waals surface area contributed by atoms with Crippen molar-refractivity contribution in [3.05, 3.63) is 16.4 Å². The van der Waals surface area contributed by atoms with E-state index < -0.39 is 5.91 Å². The predicted octanol–water partition coefficient (Wildman–Crippen LogP) is 0.439. The van der Waals surface area contributed by atoms with Crippen LogP contribution in [-0.2, 0) is 11.3 Å². The van der Waals surface area contributed by atoms with Crippen LogP contribution in [0, 0.1) is 6.92 Å². The summed E-state index contributed by atoms with van der Waals surface area (Å²) in [5.74, 6) is -0.395. The molecule has 1 aromatic heterocycles. The summed E-state index contributed by atoms with van der Waals surface area (Å²) in [6.45, 7) is 1.97. The number of halogens is 1. The Balaban J connectivity index is 2.85. The van der Waals surface area contributed by atoms with Crippen LogP contribution in [0.4, 0.5) is 0 Å². The SMILES string of the molecule is Cc1cc(Br)n(CC(N)=O)n1. The van der Waals surface area contributed by atoms with Gasteiger partial charge in [0.1, 0.15) is 11.1 Å². The zero-order chi connectivity index (χ0) is 8.43. The molecule has 0 unspecified atom stereocenters. The first-order chi connectivity index (χ1) is 5.09. The van der Waals surface area contributed by atoms with Crippen molar-refractivity contribution in [1.29, 1.82) is 0 Å². The fourth-order valence-corrected chi connectivity index (χ4v) is 1.31. The van der Waals surface area contributed by atoms with E-state index in [1.165, 1.54) is 4.68 Å². The van der Waals surface area contributed by atoms with E-state index in [0.717, 1.165) is 10.3 Å². The standard InChI is InChI=1S/C6H8BrN3O/c1-4-2-5(7)10(9-4)3-6(8)11/h2H,3H2,1H3,(H2,8,11). The topological polar surface area (TPSA) is 60.9 Å². The lowest BCUT2D eigenvalue weighted by Gasteiger charge is -1.96. The van der Waals surface area contributed by atoms with Crippen LogP contribution in [0.1, 0.15) is 5.69 Å². The molecule has 0 aliphatic carbocycles. The lowest BCUT2D eigenvalue weighted by Crippen LogP contribution is -2.19. The van der Waals surface area contributed by atoms with E-state index in [1.807, 2.05) is 13.0 Å². The Labute approximate surface area is 72.5 Å². The van der Waals surface area contributed by atoms with Gasteiger partial charge >= 0.3 is 0 Å². The highest BCUT2D eigenvalue weighted by molar-refractivity contribution is 9.10. The van der Waals surface area contributed by atoms with Gasteiger partial charge in [-0.25, -0.2) is 4.68 Å². The predicted molar refractivity (Wildman–Crippen MR) is 43.9 cm³/mol. The largest absolute Gasteiger partial charge is 0.368 e. The smallest absolute Gasteiger partial charge is 0.239 e. The van der Waals surface area contributed by atoms with Gasteiger partial charge in [-0.1, -0.05) is 0 Å². The lowest BCUT2D eigenvalue weighted by molar-refractivity contribution is -0.118. The minimum atomic E-state index is -0.395. The zero-order valence-corrected chi connectivity index (χ0v) is 7.63. The third-order valence-corrected chi connectivity index (χ3v) is 1.80. The molecule has 5 heteroatoms. The van der Waals surface area contributed by atoms with Gasteiger partial charge in [0.2, 0.25) is 5.91 Å². The number of nitrogens with two attached hydrogens (primary N) is 1. The second-order valence-corrected chi connectivity index (χ2v) is 3.04. The third kappa shape index (κ3) is 2.04. The molecule has 0 aliphatic heterocycles. The van der Waals surface area contributed by atoms with Gasteiger partial charge in [-0.05, 0) is 28.9 Å². The van der Waals surface area contributed by atoms with Crippen molar-refractivity contribution in [1.82, 2.24) is 9.78 Å². The number of carbonyl (C=O) groups is 1. The van der Waals surface area contributed by atoms with E-state index in [9.17, 15) is 4.79 Å². The summed E-state index contributed by atoms with van der Waals surface area (Å²) in [7, 11) is 0. The van der Waals surface area contributed by atoms with Crippen LogP contribution >= 0.6 is 15.9 Å². The van der Waals surface area contributed by atoms with Crippen molar-refractivity contribution in [2.45, 2.75) is 13.5 Å². The molecule has 60 valence electrons. The second-order valence-electron chi connectivity index (χ2n) is 2.23. The average molecular weight is 218 g/mol. The van der Waals surface area contributed by atoms with E-state index in [2.05, 4.69) is 21.0 Å². The number of amides is 1. The highest BCUT2D eigenvalue weighted by Gasteiger charge is 2.03. The molecule has 0 spiro atoms. The summed E-state index contributed by atoms with van der Waals surface area (Å²) < 4.78 is 2.28. The highest BCUT2D eigenvalue weighted by atomic mass is 79.9. The number of hydrogen-bond acceptors (Lipinski definition) is 2. The molecule has 1 aromatic rings. The summed E-state index contributed by atoms with van der Waals surface area (Å²) in [6.07, 6.45) is 0. The van der Waals surface area contributed by atoms with Crippen LogP contribution in [0.5, 0.6) is 0 Å². The molecule has 1 amide bonds. The third-order valence-electron chi connectivity index (χ3n) is 1.16. The van der Waals surface area contributed by atoms with E-state index >= 15 is 0 Å². The van der Waals surface area contributed by atoms with Crippen LogP contribution in [-0.4, -0.2) is 15.7 Å². The molecule has 0 radical (unpaired) electrons. The Kier molecular flexibility index (Phi) is 2.28. The number of hydrogen-bond donors (Lipinski definition) is 1. The fraction of sp³-hybridized carbons (Fsp3) is 0.333. The fourth-order valence-electron chi connectivity index (χ4n) is 0.772. The maximum atomic E-state index is 10.5. The van der Waals surface area contributed by atoms with Crippen LogP contribution in [0.15, 0.2) is 10.7 Å². The summed E-state index contributed by atoms with van der Waals surface area (Å²) in [4.78, 5) is 10.5. The van der Waals surface area contributed by atoms with Gasteiger partial charge < -0.3 is 5.73 Å². The number of nitrogens with zero attached hydrogens (tertiary/aromatic N) is 2. The number of carbonyl (C=O) groups excluding carboxylic acids is 1. The number of rotatable bonds is 2. The molecule has 0 bridgehead atoms. The molecule has 11 heavy (non-hydrogen) atoms. The Morgan fingerprint density at radius 1 is 1.91 bits per heavy atom. The van der Waals surface area contributed by atoms with Crippen LogP contribution in [0.2, 0.25) is 0 Å². The summed E-state index contributed by atoms with van der Waals surface area (Å²) in [6, 6.07) is 1.82. The Bertz CT molecular complexity index is 281. The summed E-state index contributed by atoms with van der Waals surface area (Å²) in [5.41, 5.74) is 5.84. The summed E-state index contributed by atoms with van der Waals surface area (Å²) in [5, 5.41) is 4.02. The Hall–Kier alpha value is -0.840. The Morgan fingerprint density at radius 3 is 2.91 bits per heavy atom. The minimum Gasteiger partial charge on any atom is -0.368 e. The number of aryl methyl sites for hydroxylation is 1. The molecule has 0 fully saturated rings. The maximum Gasteiger partial charge on any atom is 0.239 e. The Morgan fingerprint density at radius 2 is 2.55 bits per heavy atom. The van der Waals surface area contributed by atoms with Gasteiger partial charge in [-0.2, -0.15) is 5.10 Å². The first-order valence-corrected chi connectivity index (χ1v) is 3.87. The van der Waals surface area contributed by atoms with E-state index in [0.29, 0.717) is 0 Å². The molecule has 0 atom stereocenters. The normalized spacial score (nSPS) is 10.0. The number of aromatic nitrogens is 2.